The van der Waals surface area contributed by atoms with Crippen LogP contribution in [0.2, 0.25) is 0 Å². The highest BCUT2D eigenvalue weighted by Crippen LogP contribution is 2.76. The van der Waals surface area contributed by atoms with Gasteiger partial charge in [-0.2, -0.15) is 0 Å². The first-order valence-corrected chi connectivity index (χ1v) is 34.3. The molecule has 6 saturated heterocycles. The number of ketones is 1. The van der Waals surface area contributed by atoms with Gasteiger partial charge in [-0.15, -0.1) is 0 Å². The first kappa shape index (κ1) is 76.1. The third-order valence-electron chi connectivity index (χ3n) is 25.3. The molecule has 0 radical (unpaired) electrons. The van der Waals surface area contributed by atoms with Crippen molar-refractivity contribution in [3.8, 4) is 0 Å². The molecule has 0 bridgehead atoms. The molecule has 0 amide bonds. The number of rotatable bonds is 17. The van der Waals surface area contributed by atoms with E-state index in [-0.39, 0.29) is 24.4 Å². The number of esters is 1. The number of aliphatic carboxylic acids is 1. The molecule has 0 aromatic carbocycles. The van der Waals surface area contributed by atoms with E-state index in [2.05, 4.69) is 40.7 Å². The summed E-state index contributed by atoms with van der Waals surface area (Å²) in [6.45, 7) is 12.7. The monoisotopic (exact) mass is 1410 g/mol. The van der Waals surface area contributed by atoms with Crippen LogP contribution in [0.3, 0.4) is 0 Å². The van der Waals surface area contributed by atoms with Gasteiger partial charge in [0.2, 0.25) is 6.29 Å². The first-order valence-electron chi connectivity index (χ1n) is 34.3. The Morgan fingerprint density at radius 2 is 1.12 bits per heavy atom. The molecule has 4 saturated carbocycles. The van der Waals surface area contributed by atoms with Crippen LogP contribution in [0.4, 0.5) is 0 Å². The van der Waals surface area contributed by atoms with Crippen LogP contribution < -0.4 is 0 Å². The van der Waals surface area contributed by atoms with Crippen LogP contribution >= 0.6 is 0 Å². The van der Waals surface area contributed by atoms with E-state index in [1.54, 1.807) is 6.92 Å². The standard InChI is InChI=1S/C66H102O32/c1-25(70)27-22-87-58(51(37(27)73)96-57-47(83)48(36(72)26(2)89-57)93-55-44(80)41(77)39(75)31(20-67)90-55)98-60(86)66-17-15-61(3,4)19-29(66)28-9-10-34-62(5)13-12-35(63(6,24-69)33(62)11-14-65(34,8)64(28,7)16-18-66)92-59-52(97-56-45(81)42(78)40(76)32(21-68)91-56)49(46(82)50(95-59)53(84)85)94-54-43(79)38(74)30(71)23-88-54/h9,24,26-27,29-52,54-59,67-68,71-83H,10-23H2,1-8H3,(H,84,85)/t26?,27?,29-,30?,31?,32?,33+,34+,35-,36?,37?,38?,39?,40?,41?,42?,43?,44?,45?,46?,47?,48?,49?,50?,51?,52?,54?,55?,56?,57?,58?,59?,62-,63-,64+,65+,66-/m0/s1. The van der Waals surface area contributed by atoms with Crippen LogP contribution in [0.15, 0.2) is 11.6 Å². The summed E-state index contributed by atoms with van der Waals surface area (Å²) in [5, 5.41) is 173. The Labute approximate surface area is 565 Å². The fraction of sp³-hybridized carbons (Fsp3) is 0.909. The Morgan fingerprint density at radius 3 is 1.72 bits per heavy atom. The smallest absolute Gasteiger partial charge is 0.335 e. The van der Waals surface area contributed by atoms with Crippen molar-refractivity contribution >= 4 is 24.0 Å². The number of carboxylic acid groups (broad SMARTS) is 1. The Balaban J connectivity index is 0.854. The SMILES string of the molecule is CC(=O)C1COC(OC(=O)[C@]23CCC(C)(C)C[C@H]2C2=CC[C@@H]4[C@@]5(C)CC[C@H](OC6OC(C(=O)O)C(O)C(OC7OCC(O)C(O)C7O)C6OC6OC(CO)C(O)C(O)C6O)[C@@](C)(C=O)[C@@H]5CC[C@@]4(C)[C@]2(C)CC3)C(OC2OC(C)C(O)C(OC3OC(CO)C(O)C(O)C3O)C2O)C1O. The van der Waals surface area contributed by atoms with Crippen molar-refractivity contribution in [2.75, 3.05) is 26.4 Å². The molecule has 28 unspecified atom stereocenters. The highest BCUT2D eigenvalue weighted by atomic mass is 16.8. The molecule has 11 aliphatic rings. The number of fused-ring (bicyclic) bond motifs is 7. The summed E-state index contributed by atoms with van der Waals surface area (Å²) in [4.78, 5) is 55.9. The third-order valence-corrected chi connectivity index (χ3v) is 25.3. The lowest BCUT2D eigenvalue weighted by Gasteiger charge is -2.71. The second-order valence-corrected chi connectivity index (χ2v) is 31.3. The average Bonchev–Trinajstić information content (AvgIpc) is 0.674. The number of hydrogen-bond donors (Lipinski definition) is 16. The quantitative estimate of drug-likeness (QED) is 0.0286. The molecule has 32 heteroatoms. The van der Waals surface area contributed by atoms with E-state index in [1.165, 1.54) is 13.8 Å². The number of aliphatic hydroxyl groups excluding tert-OH is 15. The van der Waals surface area contributed by atoms with E-state index >= 15 is 4.79 Å². The van der Waals surface area contributed by atoms with Crippen molar-refractivity contribution < 1.29 is 158 Å². The zero-order valence-electron chi connectivity index (χ0n) is 56.2. The molecule has 11 rings (SSSR count). The molecule has 37 atom stereocenters. The third kappa shape index (κ3) is 12.9. The minimum Gasteiger partial charge on any atom is -0.479 e. The molecule has 6 aliphatic heterocycles. The summed E-state index contributed by atoms with van der Waals surface area (Å²) in [5.41, 5.74) is -3.38. The molecular weight excluding hydrogens is 1300 g/mol. The van der Waals surface area contributed by atoms with Crippen molar-refractivity contribution in [2.45, 2.75) is 292 Å². The van der Waals surface area contributed by atoms with Crippen molar-refractivity contribution in [1.29, 1.82) is 0 Å². The van der Waals surface area contributed by atoms with Gasteiger partial charge >= 0.3 is 11.9 Å². The van der Waals surface area contributed by atoms with Gasteiger partial charge in [-0.25, -0.2) is 4.79 Å². The molecule has 0 aromatic rings. The predicted molar refractivity (Wildman–Crippen MR) is 324 cm³/mol. The van der Waals surface area contributed by atoms with Crippen molar-refractivity contribution in [2.24, 2.45) is 56.2 Å². The lowest BCUT2D eigenvalue weighted by atomic mass is 9.33. The largest absolute Gasteiger partial charge is 0.479 e. The van der Waals surface area contributed by atoms with E-state index in [4.69, 9.17) is 56.8 Å². The maximum atomic E-state index is 15.7. The van der Waals surface area contributed by atoms with Crippen LogP contribution in [0, 0.1) is 56.2 Å². The molecule has 32 nitrogen and oxygen atoms in total. The molecule has 98 heavy (non-hydrogen) atoms. The summed E-state index contributed by atoms with van der Waals surface area (Å²) in [7, 11) is 0. The van der Waals surface area contributed by atoms with Crippen LogP contribution in [0.25, 0.3) is 0 Å². The lowest BCUT2D eigenvalue weighted by molar-refractivity contribution is -0.391. The van der Waals surface area contributed by atoms with Gasteiger partial charge in [0, 0.05) is 0 Å². The van der Waals surface area contributed by atoms with E-state index in [0.717, 1.165) is 11.9 Å². The lowest BCUT2D eigenvalue weighted by Crippen LogP contribution is -2.68. The van der Waals surface area contributed by atoms with Gasteiger partial charge in [-0.3, -0.25) is 9.59 Å². The number of carbonyl (C=O) groups excluding carboxylic acids is 3. The number of aldehydes is 1. The maximum Gasteiger partial charge on any atom is 0.335 e. The minimum atomic E-state index is -2.20. The Hall–Kier alpha value is -3.02. The highest BCUT2D eigenvalue weighted by Gasteiger charge is 2.71. The molecule has 10 fully saturated rings. The number of carbonyl (C=O) groups is 4. The zero-order valence-corrected chi connectivity index (χ0v) is 56.2. The first-order chi connectivity index (χ1) is 46.0. The van der Waals surface area contributed by atoms with E-state index < -0.39 is 254 Å². The fourth-order valence-electron chi connectivity index (χ4n) is 19.1. The van der Waals surface area contributed by atoms with Gasteiger partial charge < -0.3 is 143 Å². The second kappa shape index (κ2) is 28.5. The molecular formula is C66H102O32. The maximum absolute atomic E-state index is 15.7. The summed E-state index contributed by atoms with van der Waals surface area (Å²) in [6.07, 6.45) is -42.4. The summed E-state index contributed by atoms with van der Waals surface area (Å²) in [5.74, 6) is -4.97. The average molecular weight is 1410 g/mol. The molecule has 558 valence electrons. The Kier molecular flexibility index (Phi) is 22.1. The second-order valence-electron chi connectivity index (χ2n) is 31.3. The molecule has 5 aliphatic carbocycles. The number of carboxylic acids is 1. The van der Waals surface area contributed by atoms with E-state index in [0.29, 0.717) is 57.8 Å². The van der Waals surface area contributed by atoms with Crippen LogP contribution in [-0.2, 0) is 76.0 Å². The number of Topliss-reactive ketones (excluding diaryl/α,β-unsaturated/α-hetero) is 1. The van der Waals surface area contributed by atoms with Crippen molar-refractivity contribution in [3.63, 3.8) is 0 Å². The summed E-state index contributed by atoms with van der Waals surface area (Å²) < 4.78 is 72.4. The fourth-order valence-corrected chi connectivity index (χ4v) is 19.1. The normalized spacial score (nSPS) is 53.4. The van der Waals surface area contributed by atoms with Crippen molar-refractivity contribution in [1.82, 2.24) is 0 Å². The van der Waals surface area contributed by atoms with Gasteiger partial charge in [0.1, 0.15) is 122 Å². The van der Waals surface area contributed by atoms with Gasteiger partial charge in [0.05, 0.1) is 61.5 Å². The van der Waals surface area contributed by atoms with Gasteiger partial charge in [-0.05, 0) is 117 Å². The zero-order chi connectivity index (χ0) is 71.6. The molecule has 6 heterocycles. The molecule has 16 N–H and O–H groups in total. The Morgan fingerprint density at radius 1 is 0.551 bits per heavy atom. The van der Waals surface area contributed by atoms with Gasteiger partial charge in [0.15, 0.2) is 37.6 Å². The number of hydrogen-bond acceptors (Lipinski definition) is 31. The number of allylic oxidation sites excluding steroid dienone is 2. The van der Waals surface area contributed by atoms with E-state index in [1.807, 2.05) is 0 Å². The Bertz CT molecular complexity index is 2880. The topological polar surface area (TPSA) is 503 Å². The van der Waals surface area contributed by atoms with Gasteiger partial charge in [-0.1, -0.05) is 53.2 Å². The van der Waals surface area contributed by atoms with Crippen LogP contribution in [0.5, 0.6) is 0 Å². The van der Waals surface area contributed by atoms with E-state index in [9.17, 15) is 96.1 Å². The number of aliphatic hydroxyl groups is 15. The van der Waals surface area contributed by atoms with Crippen LogP contribution in [0.1, 0.15) is 120 Å². The minimum absolute atomic E-state index is 0.0975. The summed E-state index contributed by atoms with van der Waals surface area (Å²) in [6, 6.07) is 0. The van der Waals surface area contributed by atoms with Crippen molar-refractivity contribution in [3.05, 3.63) is 11.6 Å². The molecule has 0 aromatic heterocycles. The predicted octanol–water partition coefficient (Wildman–Crippen LogP) is -3.97. The summed E-state index contributed by atoms with van der Waals surface area (Å²) >= 11 is 0. The number of ether oxygens (including phenoxy) is 12. The van der Waals surface area contributed by atoms with Crippen LogP contribution in [-0.4, -0.2) is 304 Å². The molecule has 0 spiro atoms. The highest BCUT2D eigenvalue weighted by molar-refractivity contribution is 5.80. The van der Waals surface area contributed by atoms with Gasteiger partial charge in [0.25, 0.3) is 0 Å².